The van der Waals surface area contributed by atoms with Gasteiger partial charge in [-0.25, -0.2) is 9.79 Å². The van der Waals surface area contributed by atoms with Crippen LogP contribution in [0.1, 0.15) is 43.7 Å². The molecule has 178 valence electrons. The topological polar surface area (TPSA) is 79.1 Å². The van der Waals surface area contributed by atoms with Gasteiger partial charge in [-0.1, -0.05) is 36.5 Å². The summed E-state index contributed by atoms with van der Waals surface area (Å²) in [5, 5.41) is 1.96. The molecule has 0 N–H and O–H groups in total. The highest BCUT2D eigenvalue weighted by atomic mass is 32.1. The van der Waals surface area contributed by atoms with Crippen LogP contribution in [0.2, 0.25) is 0 Å². The van der Waals surface area contributed by atoms with Crippen molar-refractivity contribution in [3.05, 3.63) is 77.1 Å². The van der Waals surface area contributed by atoms with Crippen LogP contribution in [0.25, 0.3) is 6.08 Å². The number of hydrogen-bond donors (Lipinski definition) is 0. The number of methoxy groups -OCH3 is 1. The third-order valence-corrected chi connectivity index (χ3v) is 7.11. The van der Waals surface area contributed by atoms with Gasteiger partial charge in [0.05, 0.1) is 36.1 Å². The van der Waals surface area contributed by atoms with Crippen molar-refractivity contribution in [1.29, 1.82) is 0 Å². The lowest BCUT2D eigenvalue weighted by atomic mass is 9.94. The molecule has 7 nitrogen and oxygen atoms in total. The van der Waals surface area contributed by atoms with E-state index in [9.17, 15) is 9.59 Å². The van der Waals surface area contributed by atoms with Crippen molar-refractivity contribution < 1.29 is 19.0 Å². The monoisotopic (exact) mass is 498 g/mol. The maximum atomic E-state index is 13.7. The normalized spacial score (nSPS) is 15.6. The van der Waals surface area contributed by atoms with Crippen LogP contribution in [0.5, 0.6) is 11.5 Å². The quantitative estimate of drug-likeness (QED) is 0.443. The molecule has 4 rings (SSSR count). The molecule has 3 heterocycles. The number of carbonyl (C=O) groups is 1. The first-order valence-corrected chi connectivity index (χ1v) is 12.7. The Bertz CT molecular complexity index is 1400. The number of allylic oxidation sites excluding steroid dienone is 1. The van der Waals surface area contributed by atoms with E-state index in [1.54, 1.807) is 42.9 Å². The van der Waals surface area contributed by atoms with Gasteiger partial charge in [0.2, 0.25) is 0 Å². The highest BCUT2D eigenvalue weighted by Gasteiger charge is 2.36. The summed E-state index contributed by atoms with van der Waals surface area (Å²) in [5.74, 6) is 0.524. The number of hydrogen-bond acceptors (Lipinski definition) is 8. The van der Waals surface area contributed by atoms with Crippen LogP contribution in [0, 0.1) is 0 Å². The molecule has 0 radical (unpaired) electrons. The van der Waals surface area contributed by atoms with Gasteiger partial charge < -0.3 is 14.2 Å². The molecule has 0 saturated heterocycles. The Morgan fingerprint density at radius 3 is 2.74 bits per heavy atom. The Morgan fingerprint density at radius 1 is 1.24 bits per heavy atom. The van der Waals surface area contributed by atoms with Crippen LogP contribution in [-0.4, -0.2) is 30.9 Å². The van der Waals surface area contributed by atoms with Crippen LogP contribution in [0.3, 0.4) is 0 Å². The summed E-state index contributed by atoms with van der Waals surface area (Å²) in [4.78, 5) is 32.9. The number of aromatic nitrogens is 1. The molecular formula is C25H26N2O5S2. The number of nitrogens with zero attached hydrogens (tertiary/aromatic N) is 2. The zero-order valence-electron chi connectivity index (χ0n) is 19.5. The fourth-order valence-electron chi connectivity index (χ4n) is 3.86. The standard InChI is InChI=1S/C25H26N2O5S2/c1-5-12-32-22-17(10-7-11-18(22)30-4)21-20(24(29)31-6-2)15(3)26-25-27(21)23(28)19(34-25)14-16-9-8-13-33-16/h7-11,13-14,21H,5-6,12H2,1-4H3/b19-14+/t21-/m1/s1. The number of fused-ring (bicyclic) bond motifs is 1. The summed E-state index contributed by atoms with van der Waals surface area (Å²) in [5.41, 5.74) is 1.25. The summed E-state index contributed by atoms with van der Waals surface area (Å²) < 4.78 is 19.1. The number of thiophene rings is 1. The Morgan fingerprint density at radius 2 is 2.06 bits per heavy atom. The number of carbonyl (C=O) groups excluding carboxylic acids is 1. The molecule has 9 heteroatoms. The first kappa shape index (κ1) is 24.0. The first-order valence-electron chi connectivity index (χ1n) is 11.0. The van der Waals surface area contributed by atoms with Crippen molar-refractivity contribution in [3.63, 3.8) is 0 Å². The zero-order chi connectivity index (χ0) is 24.2. The van der Waals surface area contributed by atoms with Crippen molar-refractivity contribution in [3.8, 4) is 11.5 Å². The maximum absolute atomic E-state index is 13.7. The lowest BCUT2D eigenvalue weighted by Gasteiger charge is -2.27. The second kappa shape index (κ2) is 10.4. The molecule has 34 heavy (non-hydrogen) atoms. The molecule has 1 atom stereocenters. The Kier molecular flexibility index (Phi) is 7.33. The van der Waals surface area contributed by atoms with Crippen molar-refractivity contribution in [2.75, 3.05) is 20.3 Å². The minimum absolute atomic E-state index is 0.211. The molecule has 0 aliphatic carbocycles. The average Bonchev–Trinajstić information content (AvgIpc) is 3.44. The largest absolute Gasteiger partial charge is 0.493 e. The van der Waals surface area contributed by atoms with Crippen LogP contribution >= 0.6 is 22.7 Å². The van der Waals surface area contributed by atoms with Gasteiger partial charge in [-0.05, 0) is 43.9 Å². The van der Waals surface area contributed by atoms with Crippen LogP contribution in [0.4, 0.5) is 0 Å². The Labute approximate surface area is 205 Å². The molecule has 0 spiro atoms. The van der Waals surface area contributed by atoms with Gasteiger partial charge in [0.1, 0.15) is 6.04 Å². The molecule has 2 aromatic heterocycles. The molecule has 1 aromatic carbocycles. The molecule has 0 bridgehead atoms. The van der Waals surface area contributed by atoms with Gasteiger partial charge in [0.25, 0.3) is 5.56 Å². The van der Waals surface area contributed by atoms with Gasteiger partial charge >= 0.3 is 5.97 Å². The van der Waals surface area contributed by atoms with E-state index in [1.165, 1.54) is 11.3 Å². The van der Waals surface area contributed by atoms with E-state index in [0.717, 1.165) is 11.3 Å². The van der Waals surface area contributed by atoms with E-state index < -0.39 is 12.0 Å². The Balaban J connectivity index is 2.01. The minimum Gasteiger partial charge on any atom is -0.493 e. The molecular weight excluding hydrogens is 472 g/mol. The molecule has 0 saturated carbocycles. The zero-order valence-corrected chi connectivity index (χ0v) is 21.1. The average molecular weight is 499 g/mol. The molecule has 0 unspecified atom stereocenters. The molecule has 0 amide bonds. The van der Waals surface area contributed by atoms with E-state index >= 15 is 0 Å². The highest BCUT2D eigenvalue weighted by molar-refractivity contribution is 7.11. The predicted octanol–water partition coefficient (Wildman–Crippen LogP) is 3.66. The van der Waals surface area contributed by atoms with E-state index in [-0.39, 0.29) is 12.2 Å². The highest BCUT2D eigenvalue weighted by Crippen LogP contribution is 2.40. The van der Waals surface area contributed by atoms with Crippen LogP contribution in [0.15, 0.2) is 56.8 Å². The maximum Gasteiger partial charge on any atom is 0.338 e. The summed E-state index contributed by atoms with van der Waals surface area (Å²) in [6.45, 7) is 6.20. The smallest absolute Gasteiger partial charge is 0.338 e. The van der Waals surface area contributed by atoms with Gasteiger partial charge in [-0.15, -0.1) is 11.3 Å². The third kappa shape index (κ3) is 4.45. The van der Waals surface area contributed by atoms with Crippen molar-refractivity contribution in [1.82, 2.24) is 4.57 Å². The number of benzene rings is 1. The fourth-order valence-corrected chi connectivity index (χ4v) is 5.63. The van der Waals surface area contributed by atoms with Gasteiger partial charge in [0.15, 0.2) is 16.3 Å². The number of para-hydroxylation sites is 1. The third-order valence-electron chi connectivity index (χ3n) is 5.31. The molecule has 3 aromatic rings. The van der Waals surface area contributed by atoms with Crippen molar-refractivity contribution in [2.45, 2.75) is 33.2 Å². The summed E-state index contributed by atoms with van der Waals surface area (Å²) >= 11 is 2.85. The second-order valence-electron chi connectivity index (χ2n) is 7.54. The number of rotatable bonds is 8. The lowest BCUT2D eigenvalue weighted by molar-refractivity contribution is -0.139. The molecule has 1 aliphatic heterocycles. The fraction of sp³-hybridized carbons (Fsp3) is 0.320. The van der Waals surface area contributed by atoms with Crippen molar-refractivity contribution in [2.24, 2.45) is 4.99 Å². The summed E-state index contributed by atoms with van der Waals surface area (Å²) in [6, 6.07) is 8.61. The van der Waals surface area contributed by atoms with E-state index in [2.05, 4.69) is 4.99 Å². The van der Waals surface area contributed by atoms with Gasteiger partial charge in [-0.2, -0.15) is 0 Å². The van der Waals surface area contributed by atoms with Gasteiger partial charge in [0, 0.05) is 10.4 Å². The summed E-state index contributed by atoms with van der Waals surface area (Å²) in [6.07, 6.45) is 2.65. The van der Waals surface area contributed by atoms with Crippen LogP contribution < -0.4 is 24.4 Å². The molecule has 1 aliphatic rings. The van der Waals surface area contributed by atoms with E-state index in [0.29, 0.717) is 44.3 Å². The first-order chi connectivity index (χ1) is 16.5. The minimum atomic E-state index is -0.761. The predicted molar refractivity (Wildman–Crippen MR) is 133 cm³/mol. The van der Waals surface area contributed by atoms with E-state index in [1.807, 2.05) is 42.6 Å². The lowest BCUT2D eigenvalue weighted by Crippen LogP contribution is -2.40. The number of ether oxygens (including phenoxy) is 3. The van der Waals surface area contributed by atoms with Crippen molar-refractivity contribution >= 4 is 34.7 Å². The molecule has 0 fully saturated rings. The summed E-state index contributed by atoms with van der Waals surface area (Å²) in [7, 11) is 1.57. The SMILES string of the molecule is CCCOc1c(OC)cccc1[C@@H]1C(C(=O)OCC)=C(C)N=c2s/c(=C/c3cccs3)c(=O)n21. The number of thiazole rings is 1. The van der Waals surface area contributed by atoms with Crippen LogP contribution in [-0.2, 0) is 9.53 Å². The Hall–Kier alpha value is -3.17. The van der Waals surface area contributed by atoms with E-state index in [4.69, 9.17) is 14.2 Å². The van der Waals surface area contributed by atoms with Gasteiger partial charge in [-0.3, -0.25) is 9.36 Å². The second-order valence-corrected chi connectivity index (χ2v) is 9.53. The number of esters is 1.